The number of amides is 2. The van der Waals surface area contributed by atoms with Gasteiger partial charge in [-0.2, -0.15) is 0 Å². The zero-order valence-electron chi connectivity index (χ0n) is 22.0. The summed E-state index contributed by atoms with van der Waals surface area (Å²) in [6, 6.07) is 24.3. The molecule has 2 aromatic heterocycles. The monoisotopic (exact) mass is 525 g/mol. The first-order chi connectivity index (χ1) is 18.6. The molecule has 1 unspecified atom stereocenters. The molecule has 196 valence electrons. The second-order valence-corrected chi connectivity index (χ2v) is 11.9. The molecule has 0 bridgehead atoms. The Balaban J connectivity index is 1.52. The molecule has 2 aromatic carbocycles. The number of hydrogen-bond acceptors (Lipinski definition) is 3. The fourth-order valence-electron chi connectivity index (χ4n) is 6.23. The van der Waals surface area contributed by atoms with Crippen molar-refractivity contribution in [3.05, 3.63) is 94.5 Å². The molecule has 1 aliphatic carbocycles. The zero-order valence-corrected chi connectivity index (χ0v) is 22.8. The molecule has 3 heterocycles. The number of thiophene rings is 1. The first kappa shape index (κ1) is 24.9. The van der Waals surface area contributed by atoms with Crippen LogP contribution < -0.4 is 5.32 Å². The van der Waals surface area contributed by atoms with Crippen molar-refractivity contribution in [3.63, 3.8) is 0 Å². The van der Waals surface area contributed by atoms with Crippen LogP contribution in [0.2, 0.25) is 0 Å². The maximum absolute atomic E-state index is 14.7. The van der Waals surface area contributed by atoms with Gasteiger partial charge >= 0.3 is 0 Å². The van der Waals surface area contributed by atoms with E-state index in [0.29, 0.717) is 18.8 Å². The molecule has 4 aromatic rings. The van der Waals surface area contributed by atoms with Crippen LogP contribution in [0.15, 0.2) is 72.8 Å². The number of aryl methyl sites for hydroxylation is 1. The Kier molecular flexibility index (Phi) is 6.83. The Morgan fingerprint density at radius 2 is 1.66 bits per heavy atom. The van der Waals surface area contributed by atoms with Gasteiger partial charge in [-0.3, -0.25) is 9.59 Å². The number of carbonyl (C=O) groups is 2. The Hall–Kier alpha value is -3.38. The summed E-state index contributed by atoms with van der Waals surface area (Å²) in [5.74, 6) is -0.167. The van der Waals surface area contributed by atoms with E-state index < -0.39 is 5.54 Å². The van der Waals surface area contributed by atoms with E-state index in [1.165, 1.54) is 17.7 Å². The number of nitrogens with one attached hydrogen (secondary N) is 1. The summed E-state index contributed by atoms with van der Waals surface area (Å²) in [4.78, 5) is 32.2. The number of hydrogen-bond donors (Lipinski definition) is 1. The minimum atomic E-state index is -1.16. The number of fused-ring (bicyclic) bond motifs is 3. The van der Waals surface area contributed by atoms with Gasteiger partial charge in [-0.15, -0.1) is 11.3 Å². The van der Waals surface area contributed by atoms with Crippen LogP contribution in [0.4, 0.5) is 0 Å². The van der Waals surface area contributed by atoms with E-state index in [1.807, 2.05) is 71.6 Å². The highest BCUT2D eigenvalue weighted by Gasteiger charge is 2.53. The van der Waals surface area contributed by atoms with Crippen LogP contribution in [0.1, 0.15) is 71.9 Å². The Labute approximate surface area is 228 Å². The summed E-state index contributed by atoms with van der Waals surface area (Å²) in [7, 11) is 0. The molecular weight excluding hydrogens is 490 g/mol. The zero-order chi connectivity index (χ0) is 26.1. The van der Waals surface area contributed by atoms with E-state index in [9.17, 15) is 9.59 Å². The summed E-state index contributed by atoms with van der Waals surface area (Å²) in [5.41, 5.74) is 2.43. The second kappa shape index (κ2) is 10.4. The van der Waals surface area contributed by atoms with Crippen molar-refractivity contribution >= 4 is 33.4 Å². The van der Waals surface area contributed by atoms with Crippen molar-refractivity contribution in [1.29, 1.82) is 0 Å². The van der Waals surface area contributed by atoms with Gasteiger partial charge in [-0.05, 0) is 42.5 Å². The van der Waals surface area contributed by atoms with Crippen LogP contribution in [0.5, 0.6) is 0 Å². The number of nitrogens with zero attached hydrogens (tertiary/aromatic N) is 2. The first-order valence-electron chi connectivity index (χ1n) is 13.9. The molecule has 2 aliphatic rings. The predicted molar refractivity (Wildman–Crippen MR) is 153 cm³/mol. The summed E-state index contributed by atoms with van der Waals surface area (Å²) >= 11 is 1.74. The third-order valence-electron chi connectivity index (χ3n) is 8.30. The number of carbonyl (C=O) groups excluding carboxylic acids is 2. The lowest BCUT2D eigenvalue weighted by molar-refractivity contribution is -0.136. The summed E-state index contributed by atoms with van der Waals surface area (Å²) in [5, 5.41) is 3.45. The number of benzene rings is 2. The standard InChI is InChI=1S/C32H35N3O2S/c1-2-26-19-27-29(38-26)20-28-30(36)35(21-23-13-7-5-8-14-23)32(22-34(27)28,24-15-9-6-10-16-24)31(37)33-25-17-11-3-4-12-18-25/h5-10,13-16,19-20,25H,2-4,11-12,17-18,21-22H2,1H3,(H,33,37). The summed E-state index contributed by atoms with van der Waals surface area (Å²) in [6.45, 7) is 2.92. The topological polar surface area (TPSA) is 54.3 Å². The third-order valence-corrected chi connectivity index (χ3v) is 9.52. The Morgan fingerprint density at radius 3 is 2.34 bits per heavy atom. The molecule has 1 fully saturated rings. The van der Waals surface area contributed by atoms with Crippen molar-refractivity contribution in [3.8, 4) is 0 Å². The minimum absolute atomic E-state index is 0.0710. The van der Waals surface area contributed by atoms with Crippen molar-refractivity contribution in [2.75, 3.05) is 0 Å². The van der Waals surface area contributed by atoms with Gasteiger partial charge < -0.3 is 14.8 Å². The van der Waals surface area contributed by atoms with Gasteiger partial charge in [0.1, 0.15) is 5.69 Å². The average molecular weight is 526 g/mol. The maximum Gasteiger partial charge on any atom is 0.272 e. The van der Waals surface area contributed by atoms with Gasteiger partial charge in [-0.1, -0.05) is 93.3 Å². The van der Waals surface area contributed by atoms with Crippen LogP contribution >= 0.6 is 11.3 Å². The maximum atomic E-state index is 14.7. The lowest BCUT2D eigenvalue weighted by atomic mass is 9.83. The van der Waals surface area contributed by atoms with Gasteiger partial charge in [0.15, 0.2) is 5.54 Å². The van der Waals surface area contributed by atoms with Crippen molar-refractivity contribution in [2.24, 2.45) is 0 Å². The number of rotatable bonds is 6. The van der Waals surface area contributed by atoms with E-state index in [4.69, 9.17) is 0 Å². The normalized spacial score (nSPS) is 20.3. The Bertz CT molecular complexity index is 1430. The molecule has 6 rings (SSSR count). The summed E-state index contributed by atoms with van der Waals surface area (Å²) in [6.07, 6.45) is 7.64. The van der Waals surface area contributed by atoms with Gasteiger partial charge in [0, 0.05) is 17.5 Å². The Morgan fingerprint density at radius 1 is 0.974 bits per heavy atom. The molecule has 5 nitrogen and oxygen atoms in total. The number of aromatic nitrogens is 1. The van der Waals surface area contributed by atoms with E-state index in [-0.39, 0.29) is 17.9 Å². The van der Waals surface area contributed by atoms with Crippen LogP contribution in [-0.2, 0) is 29.8 Å². The molecule has 0 spiro atoms. The molecular formula is C32H35N3O2S. The second-order valence-electron chi connectivity index (χ2n) is 10.7. The fraction of sp³-hybridized carbons (Fsp3) is 0.375. The smallest absolute Gasteiger partial charge is 0.272 e. The molecule has 0 radical (unpaired) electrons. The van der Waals surface area contributed by atoms with Crippen molar-refractivity contribution in [1.82, 2.24) is 14.8 Å². The van der Waals surface area contributed by atoms with E-state index in [2.05, 4.69) is 22.9 Å². The molecule has 1 aliphatic heterocycles. The van der Waals surface area contributed by atoms with Gasteiger partial charge in [0.25, 0.3) is 11.8 Å². The highest BCUT2D eigenvalue weighted by molar-refractivity contribution is 7.19. The van der Waals surface area contributed by atoms with Crippen molar-refractivity contribution in [2.45, 2.75) is 76.5 Å². The lowest BCUT2D eigenvalue weighted by Gasteiger charge is -2.47. The molecule has 38 heavy (non-hydrogen) atoms. The van der Waals surface area contributed by atoms with Crippen LogP contribution in [-0.4, -0.2) is 27.3 Å². The quantitative estimate of drug-likeness (QED) is 0.286. The largest absolute Gasteiger partial charge is 0.351 e. The van der Waals surface area contributed by atoms with E-state index >= 15 is 0 Å². The van der Waals surface area contributed by atoms with E-state index in [0.717, 1.165) is 53.4 Å². The SMILES string of the molecule is CCc1cc2c(cc3n2CC(C(=O)NC2CCCCCC2)(c2ccccc2)N(Cc2ccccc2)C3=O)s1. The highest BCUT2D eigenvalue weighted by Crippen LogP contribution is 2.42. The van der Waals surface area contributed by atoms with E-state index in [1.54, 1.807) is 11.3 Å². The van der Waals surface area contributed by atoms with Crippen LogP contribution in [0.25, 0.3) is 10.2 Å². The highest BCUT2D eigenvalue weighted by atomic mass is 32.1. The van der Waals surface area contributed by atoms with Gasteiger partial charge in [0.05, 0.1) is 16.8 Å². The molecule has 1 atom stereocenters. The molecule has 1 saturated carbocycles. The molecule has 2 amide bonds. The molecule has 6 heteroatoms. The molecule has 1 N–H and O–H groups in total. The van der Waals surface area contributed by atoms with Crippen LogP contribution in [0, 0.1) is 0 Å². The molecule has 0 saturated heterocycles. The summed E-state index contributed by atoms with van der Waals surface area (Å²) < 4.78 is 3.21. The van der Waals surface area contributed by atoms with Gasteiger partial charge in [-0.25, -0.2) is 0 Å². The fourth-order valence-corrected chi connectivity index (χ4v) is 7.27. The average Bonchev–Trinajstić information content (AvgIpc) is 3.39. The third kappa shape index (κ3) is 4.35. The van der Waals surface area contributed by atoms with Gasteiger partial charge in [0.2, 0.25) is 0 Å². The van der Waals surface area contributed by atoms with Crippen molar-refractivity contribution < 1.29 is 9.59 Å². The first-order valence-corrected chi connectivity index (χ1v) is 14.8. The van der Waals surface area contributed by atoms with Crippen LogP contribution in [0.3, 0.4) is 0 Å². The predicted octanol–water partition coefficient (Wildman–Crippen LogP) is 6.66. The lowest BCUT2D eigenvalue weighted by Crippen LogP contribution is -2.63. The minimum Gasteiger partial charge on any atom is -0.351 e.